The van der Waals surface area contributed by atoms with Crippen LogP contribution in [0.25, 0.3) is 0 Å². The van der Waals surface area contributed by atoms with E-state index < -0.39 is 30.1 Å². The van der Waals surface area contributed by atoms with E-state index in [0.29, 0.717) is 107 Å². The molecule has 0 radical (unpaired) electrons. The van der Waals surface area contributed by atoms with E-state index in [1.54, 1.807) is 14.7 Å². The van der Waals surface area contributed by atoms with Crippen LogP contribution in [0.4, 0.5) is 0 Å². The van der Waals surface area contributed by atoms with Crippen LogP contribution in [-0.4, -0.2) is 227 Å². The Bertz CT molecular complexity index is 3500. The second-order valence-electron chi connectivity index (χ2n) is 39.8. The Labute approximate surface area is 694 Å². The van der Waals surface area contributed by atoms with Crippen molar-refractivity contribution >= 4 is 47.8 Å². The fourth-order valence-electron chi connectivity index (χ4n) is 20.5. The van der Waals surface area contributed by atoms with Crippen molar-refractivity contribution in [1.29, 1.82) is 0 Å². The van der Waals surface area contributed by atoms with Crippen molar-refractivity contribution in [2.24, 2.45) is 35.5 Å². The highest BCUT2D eigenvalue weighted by atomic mass is 32.2. The molecule has 0 bridgehead atoms. The zero-order valence-electron chi connectivity index (χ0n) is 76.5. The second kappa shape index (κ2) is 38.1. The fourth-order valence-corrected chi connectivity index (χ4v) is 25.7. The van der Waals surface area contributed by atoms with Gasteiger partial charge in [-0.05, 0) is 290 Å². The summed E-state index contributed by atoms with van der Waals surface area (Å²) in [4.78, 5) is 62.6. The highest BCUT2D eigenvalue weighted by Gasteiger charge is 2.78. The Morgan fingerprint density at radius 3 is 0.614 bits per heavy atom. The summed E-state index contributed by atoms with van der Waals surface area (Å²) in [6, 6.07) is 26.4. The SMILES string of the molecule is CC(C)CCS(=O)(=O)N1CN(S(=O)(=O)CCC(C)C)CN(S(=O)(=O)CCC(C)C)C1.CC(C)Cc1ccc(C(=O)N2CN(C(=O)c3ccc(CC(C)C)cc3)CN(C(=O)c3ccc(CC(C)C)cc3)C2)cc1.CC(C)N1C(C)(C)N(C(C)C)C(C)(C)N(C(C)C)C1(C)C.CC(C)N1C2(CC2)N(C(C)C)C2(CC2)N(C(C)C)C12CC2. The molecule has 3 spiro atoms. The van der Waals surface area contributed by atoms with E-state index in [1.165, 1.54) is 55.2 Å². The van der Waals surface area contributed by atoms with E-state index >= 15 is 0 Å². The largest absolute Gasteiger partial charge is 0.303 e. The van der Waals surface area contributed by atoms with Crippen LogP contribution in [0.5, 0.6) is 0 Å². The fraction of sp³-hybridized carbons (Fsp3) is 0.767. The van der Waals surface area contributed by atoms with Crippen molar-refractivity contribution in [1.82, 2.24) is 57.0 Å². The molecule has 0 atom stereocenters. The molecule has 4 saturated heterocycles. The minimum atomic E-state index is -3.81. The molecule has 4 aliphatic heterocycles. The van der Waals surface area contributed by atoms with Crippen molar-refractivity contribution in [3.05, 3.63) is 106 Å². The quantitative estimate of drug-likeness (QED) is 0.0699. The standard InChI is InChI=1S/C36H45N3O3.C18H39N3O6S3.C18H33N3.C18H39N3/c1-25(2)19-28-7-13-31(14-8-28)34(40)37-22-38(35(41)32-15-9-29(10-16-32)20-26(3)4)24-39(23-37)36(42)33-17-11-30(12-18-33)21-27(5)6;1-16(2)7-10-28(22,23)19-13-20(29(24,25)11-8-17(3)4)15-21(14-19)30(26,27)12-9-18(5)6;1-13(2)19-16(7-8-16)20(14(3)4)18(11-12-18)21(15(5)6)17(19)9-10-17;1-13(2)19-16(7,8)20(14(3)4)18(11,12)21(15(5)6)17(19,9)10/h7-18,25-27H,19-24H2,1-6H3;16-18H,7-15H2,1-6H3;13-15H,7-12H2,1-6H3;13-15H,1-12H3. The first kappa shape index (κ1) is 96.7. The van der Waals surface area contributed by atoms with Crippen molar-refractivity contribution in [3.63, 3.8) is 0 Å². The van der Waals surface area contributed by atoms with Crippen LogP contribution in [0.1, 0.15) is 313 Å². The third-order valence-corrected chi connectivity index (χ3v) is 29.1. The number of hydrogen-bond donors (Lipinski definition) is 0. The Hall–Kier alpha value is -4.44. The lowest BCUT2D eigenvalue weighted by atomic mass is 9.87. The Kier molecular flexibility index (Phi) is 32.3. The third-order valence-electron chi connectivity index (χ3n) is 23.8. The van der Waals surface area contributed by atoms with E-state index in [0.717, 1.165) is 32.2 Å². The average Bonchev–Trinajstić information content (AvgIpc) is 1.47. The minimum absolute atomic E-state index is 0.0146. The van der Waals surface area contributed by atoms with E-state index in [1.807, 2.05) is 114 Å². The third kappa shape index (κ3) is 22.6. The van der Waals surface area contributed by atoms with Gasteiger partial charge in [0, 0.05) is 52.9 Å². The summed E-state index contributed by atoms with van der Waals surface area (Å²) < 4.78 is 80.1. The van der Waals surface area contributed by atoms with Gasteiger partial charge in [-0.15, -0.1) is 0 Å². The Balaban J connectivity index is 0.000000220. The smallest absolute Gasteiger partial charge is 0.256 e. The number of benzene rings is 3. The van der Waals surface area contributed by atoms with Crippen LogP contribution in [-0.2, 0) is 49.3 Å². The number of amides is 3. The van der Waals surface area contributed by atoms with Crippen LogP contribution in [0.15, 0.2) is 72.8 Å². The van der Waals surface area contributed by atoms with Crippen LogP contribution in [0.2, 0.25) is 0 Å². The molecular weight excluding hydrogens is 1490 g/mol. The molecule has 0 unspecified atom stereocenters. The summed E-state index contributed by atoms with van der Waals surface area (Å²) in [5.74, 6) is 0.955. The zero-order valence-corrected chi connectivity index (χ0v) is 78.9. The van der Waals surface area contributed by atoms with Gasteiger partial charge in [0.25, 0.3) is 17.7 Å². The van der Waals surface area contributed by atoms with Crippen molar-refractivity contribution in [3.8, 4) is 0 Å². The number of rotatable bonds is 27. The second-order valence-corrected chi connectivity index (χ2v) is 46.1. The molecule has 3 aromatic carbocycles. The van der Waals surface area contributed by atoms with E-state index in [2.05, 4.69) is 196 Å². The van der Waals surface area contributed by atoms with Crippen molar-refractivity contribution < 1.29 is 39.6 Å². The minimum Gasteiger partial charge on any atom is -0.303 e. The first-order chi connectivity index (χ1) is 52.6. The summed E-state index contributed by atoms with van der Waals surface area (Å²) in [7, 11) is -11.4. The van der Waals surface area contributed by atoms with Gasteiger partial charge in [-0.2, -0.15) is 12.9 Å². The first-order valence-electron chi connectivity index (χ1n) is 43.4. The number of carbonyl (C=O) groups is 3. The molecule has 3 aromatic rings. The molecule has 24 heteroatoms. The molecule has 648 valence electrons. The first-order valence-corrected chi connectivity index (χ1v) is 48.3. The van der Waals surface area contributed by atoms with E-state index in [-0.39, 0.29) is 110 Å². The van der Waals surface area contributed by atoms with Gasteiger partial charge in [-0.1, -0.05) is 119 Å². The maximum Gasteiger partial charge on any atom is 0.256 e. The van der Waals surface area contributed by atoms with Gasteiger partial charge in [0.2, 0.25) is 30.1 Å². The number of nitrogens with zero attached hydrogens (tertiary/aromatic N) is 12. The average molecular weight is 1650 g/mol. The molecular formula is C90H156N12O9S3. The zero-order chi connectivity index (χ0) is 85.9. The molecule has 3 amide bonds. The molecule has 10 rings (SSSR count). The van der Waals surface area contributed by atoms with Crippen LogP contribution in [0, 0.1) is 35.5 Å². The monoisotopic (exact) mass is 1650 g/mol. The molecule has 7 aliphatic rings. The van der Waals surface area contributed by atoms with Gasteiger partial charge in [-0.25, -0.2) is 25.3 Å². The molecule has 4 heterocycles. The van der Waals surface area contributed by atoms with Crippen molar-refractivity contribution in [2.45, 2.75) is 355 Å². The summed E-state index contributed by atoms with van der Waals surface area (Å²) >= 11 is 0. The predicted molar refractivity (Wildman–Crippen MR) is 468 cm³/mol. The number of carbonyl (C=O) groups excluding carboxylic acids is 3. The lowest BCUT2D eigenvalue weighted by molar-refractivity contribution is -0.306. The maximum atomic E-state index is 13.7. The van der Waals surface area contributed by atoms with Crippen LogP contribution in [0.3, 0.4) is 0 Å². The highest BCUT2D eigenvalue weighted by molar-refractivity contribution is 7.90. The van der Waals surface area contributed by atoms with Gasteiger partial charge in [0.1, 0.15) is 0 Å². The molecule has 3 aliphatic carbocycles. The van der Waals surface area contributed by atoms with Gasteiger partial charge in [0.05, 0.1) is 91.2 Å². The molecule has 21 nitrogen and oxygen atoms in total. The lowest BCUT2D eigenvalue weighted by Crippen LogP contribution is -2.85. The molecule has 0 aromatic heterocycles. The summed E-state index contributed by atoms with van der Waals surface area (Å²) in [5, 5.41) is 0. The summed E-state index contributed by atoms with van der Waals surface area (Å²) in [5.41, 5.74) is 6.37. The van der Waals surface area contributed by atoms with Gasteiger partial charge in [-0.3, -0.25) is 43.8 Å². The Morgan fingerprint density at radius 2 is 0.465 bits per heavy atom. The van der Waals surface area contributed by atoms with Crippen molar-refractivity contribution in [2.75, 3.05) is 57.3 Å². The Morgan fingerprint density at radius 1 is 0.281 bits per heavy atom. The number of sulfonamides is 3. The van der Waals surface area contributed by atoms with E-state index in [4.69, 9.17) is 0 Å². The molecule has 114 heavy (non-hydrogen) atoms. The summed E-state index contributed by atoms with van der Waals surface area (Å²) in [6.45, 7) is 66.4. The summed E-state index contributed by atoms with van der Waals surface area (Å²) in [6.07, 6.45) is 12.4. The van der Waals surface area contributed by atoms with Gasteiger partial charge in [0.15, 0.2) is 0 Å². The highest BCUT2D eigenvalue weighted by Crippen LogP contribution is 2.70. The topological polar surface area (TPSA) is 193 Å². The molecule has 7 fully saturated rings. The molecule has 3 saturated carbocycles. The van der Waals surface area contributed by atoms with E-state index in [9.17, 15) is 39.6 Å². The van der Waals surface area contributed by atoms with Crippen LogP contribution >= 0.6 is 0 Å². The lowest BCUT2D eigenvalue weighted by Gasteiger charge is -2.72. The van der Waals surface area contributed by atoms with Crippen LogP contribution < -0.4 is 0 Å². The van der Waals surface area contributed by atoms with Gasteiger partial charge < -0.3 is 14.7 Å². The number of hydrogen-bond acceptors (Lipinski definition) is 15. The maximum absolute atomic E-state index is 13.7. The predicted octanol–water partition coefficient (Wildman–Crippen LogP) is 16.7. The normalized spacial score (nSPS) is 21.1. The molecule has 0 N–H and O–H groups in total. The van der Waals surface area contributed by atoms with Gasteiger partial charge >= 0.3 is 0 Å².